The second kappa shape index (κ2) is 19.4. The van der Waals surface area contributed by atoms with E-state index in [1.807, 2.05) is 25.1 Å². The maximum absolute atomic E-state index is 10.5. The van der Waals surface area contributed by atoms with Gasteiger partial charge in [-0.25, -0.2) is 15.0 Å². The van der Waals surface area contributed by atoms with Crippen LogP contribution in [0.15, 0.2) is 54.6 Å². The number of benzene rings is 3. The number of nitrogens with zero attached hydrogens (tertiary/aromatic N) is 3. The summed E-state index contributed by atoms with van der Waals surface area (Å²) in [4.78, 5) is 14.9. The molecule has 0 aliphatic carbocycles. The second-order valence-corrected chi connectivity index (χ2v) is 13.5. The van der Waals surface area contributed by atoms with E-state index in [1.54, 1.807) is 0 Å². The number of aliphatic hydroxyl groups excluding tert-OH is 1. The molecule has 48 heavy (non-hydrogen) atoms. The van der Waals surface area contributed by atoms with Gasteiger partial charge >= 0.3 is 0 Å². The molecular weight excluding hydrogens is 594 g/mol. The largest absolute Gasteiger partial charge is 0.491 e. The third-order valence-corrected chi connectivity index (χ3v) is 8.96. The second-order valence-electron chi connectivity index (χ2n) is 13.5. The lowest BCUT2D eigenvalue weighted by Crippen LogP contribution is -2.23. The molecule has 0 amide bonds. The van der Waals surface area contributed by atoms with Crippen molar-refractivity contribution in [2.75, 3.05) is 19.8 Å². The first-order valence-corrected chi connectivity index (χ1v) is 18.2. The Balaban J connectivity index is 1.31. The lowest BCUT2D eigenvalue weighted by atomic mass is 10.0. The van der Waals surface area contributed by atoms with E-state index in [4.69, 9.17) is 24.4 Å². The number of aromatic nitrogens is 3. The minimum absolute atomic E-state index is 0.177. The average Bonchev–Trinajstić information content (AvgIpc) is 3.05. The molecule has 1 unspecified atom stereocenters. The van der Waals surface area contributed by atoms with E-state index < -0.39 is 6.10 Å². The molecule has 1 aromatic heterocycles. The zero-order chi connectivity index (χ0) is 34.3. The van der Waals surface area contributed by atoms with Crippen molar-refractivity contribution < 1.29 is 14.6 Å². The highest BCUT2D eigenvalue weighted by atomic mass is 16.5. The summed E-state index contributed by atoms with van der Waals surface area (Å²) in [7, 11) is 0. The average molecular weight is 652 g/mol. The van der Waals surface area contributed by atoms with Crippen LogP contribution < -0.4 is 4.74 Å². The Labute approximate surface area is 289 Å². The molecule has 0 spiro atoms. The Bertz CT molecular complexity index is 1520. The van der Waals surface area contributed by atoms with Gasteiger partial charge in [0.2, 0.25) is 0 Å². The summed E-state index contributed by atoms with van der Waals surface area (Å²) in [5, 5.41) is 10.5. The molecule has 6 nitrogen and oxygen atoms in total. The highest BCUT2D eigenvalue weighted by Crippen LogP contribution is 2.31. The smallest absolute Gasteiger partial charge is 0.164 e. The topological polar surface area (TPSA) is 77.4 Å². The van der Waals surface area contributed by atoms with Gasteiger partial charge in [-0.1, -0.05) is 119 Å². The van der Waals surface area contributed by atoms with Crippen LogP contribution in [-0.4, -0.2) is 46.0 Å². The van der Waals surface area contributed by atoms with Crippen LogP contribution in [0.25, 0.3) is 34.2 Å². The SMILES string of the molecule is CCCCCCCCCCCCCOCC(O)COc1ccc(-c2nc(-c3ccc(C)cc3C)nc(-c3ccc(C)cc3C)n2)c(C)c1. The Kier molecular flexibility index (Phi) is 15.0. The predicted molar refractivity (Wildman–Crippen MR) is 199 cm³/mol. The van der Waals surface area contributed by atoms with E-state index in [0.29, 0.717) is 29.8 Å². The number of rotatable bonds is 20. The van der Waals surface area contributed by atoms with Gasteiger partial charge in [0.1, 0.15) is 18.5 Å². The van der Waals surface area contributed by atoms with E-state index in [1.165, 1.54) is 75.3 Å². The van der Waals surface area contributed by atoms with Crippen molar-refractivity contribution in [2.24, 2.45) is 0 Å². The van der Waals surface area contributed by atoms with Crippen molar-refractivity contribution in [3.8, 4) is 39.9 Å². The fourth-order valence-corrected chi connectivity index (χ4v) is 6.17. The number of ether oxygens (including phenoxy) is 2. The normalized spacial score (nSPS) is 12.0. The molecule has 3 aromatic carbocycles. The van der Waals surface area contributed by atoms with Crippen molar-refractivity contribution in [3.63, 3.8) is 0 Å². The maximum Gasteiger partial charge on any atom is 0.164 e. The van der Waals surface area contributed by atoms with Crippen LogP contribution in [-0.2, 0) is 4.74 Å². The summed E-state index contributed by atoms with van der Waals surface area (Å²) >= 11 is 0. The molecule has 6 heteroatoms. The molecule has 0 saturated heterocycles. The molecule has 0 aliphatic rings. The molecule has 1 atom stereocenters. The zero-order valence-corrected chi connectivity index (χ0v) is 30.3. The van der Waals surface area contributed by atoms with Gasteiger partial charge < -0.3 is 14.6 Å². The molecule has 0 fully saturated rings. The number of hydrogen-bond donors (Lipinski definition) is 1. The van der Waals surface area contributed by atoms with Crippen molar-refractivity contribution in [1.29, 1.82) is 0 Å². The predicted octanol–water partition coefficient (Wildman–Crippen LogP) is 10.5. The van der Waals surface area contributed by atoms with Gasteiger partial charge in [0.05, 0.1) is 6.61 Å². The first-order valence-electron chi connectivity index (χ1n) is 18.2. The van der Waals surface area contributed by atoms with Gasteiger partial charge in [0.15, 0.2) is 17.5 Å². The highest BCUT2D eigenvalue weighted by Gasteiger charge is 2.17. The summed E-state index contributed by atoms with van der Waals surface area (Å²) in [6, 6.07) is 18.6. The lowest BCUT2D eigenvalue weighted by molar-refractivity contribution is 0.0109. The van der Waals surface area contributed by atoms with Gasteiger partial charge in [0.25, 0.3) is 0 Å². The third-order valence-electron chi connectivity index (χ3n) is 8.96. The molecular formula is C42H57N3O3. The van der Waals surface area contributed by atoms with Crippen LogP contribution in [0.5, 0.6) is 5.75 Å². The van der Waals surface area contributed by atoms with Crippen LogP contribution in [0, 0.1) is 34.6 Å². The summed E-state index contributed by atoms with van der Waals surface area (Å²) in [6.45, 7) is 13.8. The number of aliphatic hydroxyl groups is 1. The fraction of sp³-hybridized carbons (Fsp3) is 0.500. The Hall–Kier alpha value is -3.61. The number of hydrogen-bond acceptors (Lipinski definition) is 6. The Morgan fingerprint density at radius 3 is 1.44 bits per heavy atom. The Morgan fingerprint density at radius 1 is 0.542 bits per heavy atom. The molecule has 258 valence electrons. The summed E-state index contributed by atoms with van der Waals surface area (Å²) in [6.07, 6.45) is 13.7. The molecule has 4 rings (SSSR count). The Morgan fingerprint density at radius 2 is 0.979 bits per heavy atom. The highest BCUT2D eigenvalue weighted by molar-refractivity contribution is 5.71. The third kappa shape index (κ3) is 11.5. The minimum atomic E-state index is -0.679. The van der Waals surface area contributed by atoms with Crippen LogP contribution in [0.3, 0.4) is 0 Å². The van der Waals surface area contributed by atoms with Crippen molar-refractivity contribution in [2.45, 2.75) is 118 Å². The van der Waals surface area contributed by atoms with Crippen LogP contribution in [0.2, 0.25) is 0 Å². The molecule has 0 aliphatic heterocycles. The van der Waals surface area contributed by atoms with E-state index in [9.17, 15) is 5.11 Å². The first-order chi connectivity index (χ1) is 23.2. The maximum atomic E-state index is 10.5. The lowest BCUT2D eigenvalue weighted by Gasteiger charge is -2.15. The van der Waals surface area contributed by atoms with E-state index in [0.717, 1.165) is 39.8 Å². The van der Waals surface area contributed by atoms with Crippen molar-refractivity contribution >= 4 is 0 Å². The molecule has 4 aromatic rings. The molecule has 0 saturated carbocycles. The summed E-state index contributed by atoms with van der Waals surface area (Å²) in [5.41, 5.74) is 8.54. The molecule has 1 N–H and O–H groups in total. The monoisotopic (exact) mass is 651 g/mol. The number of aryl methyl sites for hydroxylation is 5. The van der Waals surface area contributed by atoms with Gasteiger partial charge in [0, 0.05) is 23.3 Å². The molecule has 0 radical (unpaired) electrons. The molecule has 1 heterocycles. The van der Waals surface area contributed by atoms with Crippen LogP contribution >= 0.6 is 0 Å². The van der Waals surface area contributed by atoms with Gasteiger partial charge in [-0.15, -0.1) is 0 Å². The van der Waals surface area contributed by atoms with E-state index >= 15 is 0 Å². The van der Waals surface area contributed by atoms with Crippen LogP contribution in [0.1, 0.15) is 105 Å². The summed E-state index contributed by atoms with van der Waals surface area (Å²) < 4.78 is 11.7. The van der Waals surface area contributed by atoms with Gasteiger partial charge in [-0.3, -0.25) is 0 Å². The van der Waals surface area contributed by atoms with Crippen molar-refractivity contribution in [1.82, 2.24) is 15.0 Å². The van der Waals surface area contributed by atoms with Crippen LogP contribution in [0.4, 0.5) is 0 Å². The molecule has 0 bridgehead atoms. The van der Waals surface area contributed by atoms with E-state index in [-0.39, 0.29) is 13.2 Å². The first kappa shape index (κ1) is 37.2. The van der Waals surface area contributed by atoms with Gasteiger partial charge in [-0.05, 0) is 75.9 Å². The van der Waals surface area contributed by atoms with Crippen molar-refractivity contribution in [3.05, 3.63) is 82.4 Å². The summed E-state index contributed by atoms with van der Waals surface area (Å²) in [5.74, 6) is 2.63. The quantitative estimate of drug-likeness (QED) is 0.0958. The van der Waals surface area contributed by atoms with Gasteiger partial charge in [-0.2, -0.15) is 0 Å². The number of unbranched alkanes of at least 4 members (excludes halogenated alkanes) is 10. The fourth-order valence-electron chi connectivity index (χ4n) is 6.17. The minimum Gasteiger partial charge on any atom is -0.491 e. The van der Waals surface area contributed by atoms with E-state index in [2.05, 4.69) is 71.0 Å². The zero-order valence-electron chi connectivity index (χ0n) is 30.3. The standard InChI is InChI=1S/C42H57N3O3/c1-7-8-9-10-11-12-13-14-15-16-17-24-47-28-35(46)29-48-36-20-23-39(34(6)27-36)42-44-40(37-21-18-30(2)25-32(37)4)43-41(45-42)38-22-19-31(3)26-33(38)5/h18-23,25-27,35,46H,7-17,24,28-29H2,1-6H3.